The molecule has 0 N–H and O–H groups in total. The lowest BCUT2D eigenvalue weighted by molar-refractivity contribution is -0.154. The second-order valence-electron chi connectivity index (χ2n) is 18.5. The van der Waals surface area contributed by atoms with Crippen LogP contribution >= 0.6 is 0 Å². The molecule has 2 aromatic carbocycles. The van der Waals surface area contributed by atoms with E-state index in [0.29, 0.717) is 37.4 Å². The van der Waals surface area contributed by atoms with E-state index in [1.165, 1.54) is 0 Å². The number of aryl methyl sites for hydroxylation is 1. The van der Waals surface area contributed by atoms with Gasteiger partial charge in [-0.05, 0) is 143 Å². The molecule has 0 saturated heterocycles. The Labute approximate surface area is 327 Å². The van der Waals surface area contributed by atoms with Crippen LogP contribution in [-0.4, -0.2) is 48.4 Å². The van der Waals surface area contributed by atoms with Gasteiger partial charge in [0.15, 0.2) is 0 Å². The van der Waals surface area contributed by atoms with Gasteiger partial charge >= 0.3 is 5.97 Å². The number of hydrogen-bond donors (Lipinski definition) is 0. The molecule has 0 heterocycles. The second kappa shape index (κ2) is 16.3. The maximum absolute atomic E-state index is 14.8. The summed E-state index contributed by atoms with van der Waals surface area (Å²) in [6.45, 7) is 15.1. The first kappa shape index (κ1) is 40.8. The van der Waals surface area contributed by atoms with Crippen LogP contribution in [0, 0.1) is 47.3 Å². The third-order valence-corrected chi connectivity index (χ3v) is 13.7. The van der Waals surface area contributed by atoms with Crippen molar-refractivity contribution in [3.63, 3.8) is 0 Å². The van der Waals surface area contributed by atoms with Gasteiger partial charge in [0.05, 0.1) is 13.5 Å². The van der Waals surface area contributed by atoms with Crippen molar-refractivity contribution < 1.29 is 38.2 Å². The summed E-state index contributed by atoms with van der Waals surface area (Å²) >= 11 is 0. The van der Waals surface area contributed by atoms with Gasteiger partial charge in [0.2, 0.25) is 0 Å². The Morgan fingerprint density at radius 2 is 1.62 bits per heavy atom. The predicted octanol–water partition coefficient (Wildman–Crippen LogP) is 9.64. The molecule has 0 aliphatic heterocycles. The van der Waals surface area contributed by atoms with Crippen molar-refractivity contribution in [2.24, 2.45) is 40.4 Å². The molecular weight excluding hydrogens is 693 g/mol. The van der Waals surface area contributed by atoms with Gasteiger partial charge in [0, 0.05) is 41.4 Å². The van der Waals surface area contributed by atoms with Crippen LogP contribution in [0.4, 0.5) is 0 Å². The third-order valence-electron chi connectivity index (χ3n) is 13.7. The molecule has 0 bridgehead atoms. The molecule has 8 unspecified atom stereocenters. The van der Waals surface area contributed by atoms with Crippen molar-refractivity contribution in [3.8, 4) is 11.5 Å². The van der Waals surface area contributed by atoms with Gasteiger partial charge in [-0.15, -0.1) is 6.58 Å². The van der Waals surface area contributed by atoms with Crippen molar-refractivity contribution in [3.05, 3.63) is 48.0 Å². The number of rotatable bonds is 16. The van der Waals surface area contributed by atoms with Gasteiger partial charge in [-0.3, -0.25) is 19.2 Å². The zero-order valence-corrected chi connectivity index (χ0v) is 34.2. The van der Waals surface area contributed by atoms with E-state index in [1.54, 1.807) is 27.0 Å². The summed E-state index contributed by atoms with van der Waals surface area (Å²) < 4.78 is 18.5. The van der Waals surface area contributed by atoms with Crippen molar-refractivity contribution in [1.82, 2.24) is 0 Å². The largest absolute Gasteiger partial charge is 0.496 e. The van der Waals surface area contributed by atoms with E-state index < -0.39 is 34.7 Å². The van der Waals surface area contributed by atoms with E-state index in [4.69, 9.17) is 14.2 Å². The number of carbonyl (C=O) groups is 5. The number of ketones is 4. The fourth-order valence-corrected chi connectivity index (χ4v) is 10.3. The zero-order chi connectivity index (χ0) is 39.8. The van der Waals surface area contributed by atoms with Crippen molar-refractivity contribution in [2.75, 3.05) is 7.11 Å². The molecule has 4 fully saturated rings. The first-order valence-electron chi connectivity index (χ1n) is 20.7. The molecule has 4 saturated carbocycles. The molecule has 8 nitrogen and oxygen atoms in total. The summed E-state index contributed by atoms with van der Waals surface area (Å²) in [6.07, 6.45) is 9.85. The predicted molar refractivity (Wildman–Crippen MR) is 213 cm³/mol. The van der Waals surface area contributed by atoms with Crippen molar-refractivity contribution >= 4 is 39.9 Å². The molecule has 298 valence electrons. The molecule has 0 radical (unpaired) electrons. The van der Waals surface area contributed by atoms with Crippen molar-refractivity contribution in [1.29, 1.82) is 0 Å². The standard InChI is InChI=1S/C47H62O8/c1-9-33-25-47(33,29(4)49)26-41(50)38-22-35(23-39(38)45(52)40(46(5,6)7)24-44(51)55-34-12-10-11-13-34)54-43-21-32(31-15-14-30(19-31)18-27(2)48)20-37-28(3)42(53-8)17-16-36(37)43/h9,16-17,20-21,30-31,33-35,38-40H,1,10-15,18-19,22-26H2,2-8H3. The Morgan fingerprint density at radius 3 is 2.24 bits per heavy atom. The third kappa shape index (κ3) is 8.78. The van der Waals surface area contributed by atoms with Gasteiger partial charge < -0.3 is 19.0 Å². The quantitative estimate of drug-likeness (QED) is 0.123. The highest BCUT2D eigenvalue weighted by Gasteiger charge is 2.59. The van der Waals surface area contributed by atoms with Crippen LogP contribution in [0.15, 0.2) is 36.9 Å². The van der Waals surface area contributed by atoms with Gasteiger partial charge in [0.1, 0.15) is 46.8 Å². The van der Waals surface area contributed by atoms with E-state index in [1.807, 2.05) is 39.8 Å². The number of allylic oxidation sites excluding steroid dienone is 1. The number of ether oxygens (including phenoxy) is 3. The highest BCUT2D eigenvalue weighted by molar-refractivity contribution is 5.97. The van der Waals surface area contributed by atoms with E-state index >= 15 is 0 Å². The lowest BCUT2D eigenvalue weighted by Gasteiger charge is -2.32. The Bertz CT molecular complexity index is 1830. The summed E-state index contributed by atoms with van der Waals surface area (Å²) in [5, 5.41) is 1.96. The number of carbonyl (C=O) groups excluding carboxylic acids is 5. The monoisotopic (exact) mass is 754 g/mol. The molecule has 0 spiro atoms. The Balaban J connectivity index is 1.32. The number of Topliss-reactive ketones (excluding diaryl/α,β-unsaturated/α-hetero) is 4. The maximum Gasteiger partial charge on any atom is 0.306 e. The van der Waals surface area contributed by atoms with Crippen LogP contribution in [0.25, 0.3) is 10.8 Å². The Kier molecular flexibility index (Phi) is 12.1. The smallest absolute Gasteiger partial charge is 0.306 e. The van der Waals surface area contributed by atoms with Crippen molar-refractivity contribution in [2.45, 2.75) is 143 Å². The summed E-state index contributed by atoms with van der Waals surface area (Å²) in [5.74, 6) is -0.221. The highest BCUT2D eigenvalue weighted by atomic mass is 16.5. The van der Waals surface area contributed by atoms with E-state index in [2.05, 4.69) is 18.7 Å². The first-order chi connectivity index (χ1) is 26.0. The first-order valence-corrected chi connectivity index (χ1v) is 20.7. The van der Waals surface area contributed by atoms with Crippen LogP contribution in [0.2, 0.25) is 0 Å². The van der Waals surface area contributed by atoms with Gasteiger partial charge in [0.25, 0.3) is 0 Å². The lowest BCUT2D eigenvalue weighted by Crippen LogP contribution is -2.39. The molecule has 8 heteroatoms. The van der Waals surface area contributed by atoms with Gasteiger partial charge in [-0.1, -0.05) is 32.9 Å². The number of fused-ring (bicyclic) bond motifs is 1. The maximum atomic E-state index is 14.8. The Hall–Kier alpha value is -3.81. The molecule has 55 heavy (non-hydrogen) atoms. The molecular formula is C47H62O8. The second-order valence-corrected chi connectivity index (χ2v) is 18.5. The molecule has 8 atom stereocenters. The zero-order valence-electron chi connectivity index (χ0n) is 34.2. The molecule has 4 aliphatic carbocycles. The molecule has 0 aromatic heterocycles. The summed E-state index contributed by atoms with van der Waals surface area (Å²) in [4.78, 5) is 67.5. The normalized spacial score (nSPS) is 28.5. The summed E-state index contributed by atoms with van der Waals surface area (Å²) in [5.41, 5.74) is 0.851. The van der Waals surface area contributed by atoms with Gasteiger partial charge in [-0.25, -0.2) is 0 Å². The average molecular weight is 755 g/mol. The molecule has 4 aliphatic rings. The SMILES string of the molecule is C=CC1CC1(CC(=O)C1CC(Oc2cc(C3CCC(CC(C)=O)C3)cc3c(C)c(OC)ccc23)CC1C(=O)C(CC(=O)OC1CCCC1)C(C)(C)C)C(C)=O. The Morgan fingerprint density at radius 1 is 0.909 bits per heavy atom. The molecule has 0 amide bonds. The van der Waals surface area contributed by atoms with Crippen LogP contribution in [0.5, 0.6) is 11.5 Å². The fraction of sp³-hybridized carbons (Fsp3) is 0.638. The number of hydrogen-bond acceptors (Lipinski definition) is 8. The number of esters is 1. The highest BCUT2D eigenvalue weighted by Crippen LogP contribution is 2.58. The minimum atomic E-state index is -0.761. The minimum Gasteiger partial charge on any atom is -0.496 e. The van der Waals surface area contributed by atoms with Gasteiger partial charge in [-0.2, -0.15) is 0 Å². The van der Waals surface area contributed by atoms with E-state index in [9.17, 15) is 24.0 Å². The minimum absolute atomic E-state index is 0.0202. The lowest BCUT2D eigenvalue weighted by atomic mass is 9.70. The van der Waals surface area contributed by atoms with E-state index in [-0.39, 0.29) is 59.9 Å². The number of benzene rings is 2. The topological polar surface area (TPSA) is 113 Å². The van der Waals surface area contributed by atoms with Crippen LogP contribution in [0.3, 0.4) is 0 Å². The molecule has 2 aromatic rings. The average Bonchev–Trinajstić information content (AvgIpc) is 3.53. The summed E-state index contributed by atoms with van der Waals surface area (Å²) in [6, 6.07) is 8.32. The van der Waals surface area contributed by atoms with E-state index in [0.717, 1.165) is 72.6 Å². The molecule has 6 rings (SSSR count). The fourth-order valence-electron chi connectivity index (χ4n) is 10.3. The van der Waals surface area contributed by atoms with Crippen LogP contribution in [-0.2, 0) is 28.7 Å². The van der Waals surface area contributed by atoms with Crippen LogP contribution < -0.4 is 9.47 Å². The summed E-state index contributed by atoms with van der Waals surface area (Å²) in [7, 11) is 1.67. The van der Waals surface area contributed by atoms with Crippen LogP contribution in [0.1, 0.15) is 135 Å². The number of methoxy groups -OCH3 is 1.